The third kappa shape index (κ3) is 5.87. The first-order chi connectivity index (χ1) is 11.7. The second-order valence-electron chi connectivity index (χ2n) is 6.98. The molecule has 1 atom stereocenters. The van der Waals surface area contributed by atoms with Gasteiger partial charge in [0.15, 0.2) is 0 Å². The highest BCUT2D eigenvalue weighted by Gasteiger charge is 2.39. The van der Waals surface area contributed by atoms with Crippen LogP contribution in [0.1, 0.15) is 32.1 Å². The number of amides is 1. The summed E-state index contributed by atoms with van der Waals surface area (Å²) in [5.74, 6) is 1.78. The van der Waals surface area contributed by atoms with Gasteiger partial charge in [-0.1, -0.05) is 18.2 Å². The Labute approximate surface area is 155 Å². The number of halogens is 1. The summed E-state index contributed by atoms with van der Waals surface area (Å²) < 4.78 is 5.61. The number of nitrogens with one attached hydrogen (secondary N) is 2. The predicted octanol–water partition coefficient (Wildman–Crippen LogP) is 2.13. The van der Waals surface area contributed by atoms with Crippen molar-refractivity contribution in [1.82, 2.24) is 10.6 Å². The van der Waals surface area contributed by atoms with Crippen molar-refractivity contribution in [2.24, 2.45) is 11.8 Å². The molecular formula is C19H29ClN2O3. The van der Waals surface area contributed by atoms with Gasteiger partial charge >= 0.3 is 0 Å². The van der Waals surface area contributed by atoms with Crippen molar-refractivity contribution in [2.45, 2.75) is 44.2 Å². The molecule has 140 valence electrons. The molecule has 1 amide bonds. The van der Waals surface area contributed by atoms with Crippen LogP contribution in [-0.4, -0.2) is 42.9 Å². The van der Waals surface area contributed by atoms with E-state index >= 15 is 0 Å². The number of ether oxygens (including phenoxy) is 1. The van der Waals surface area contributed by atoms with E-state index in [0.29, 0.717) is 24.9 Å². The molecule has 1 saturated carbocycles. The number of rotatable bonds is 7. The normalized spacial score (nSPS) is 24.5. The molecule has 0 bridgehead atoms. The van der Waals surface area contributed by atoms with Crippen LogP contribution in [0, 0.1) is 11.8 Å². The van der Waals surface area contributed by atoms with Crippen LogP contribution in [0.15, 0.2) is 30.3 Å². The van der Waals surface area contributed by atoms with E-state index in [4.69, 9.17) is 4.74 Å². The van der Waals surface area contributed by atoms with Gasteiger partial charge < -0.3 is 20.5 Å². The van der Waals surface area contributed by atoms with Crippen LogP contribution >= 0.6 is 12.4 Å². The Balaban J connectivity index is 0.00000225. The smallest absolute Gasteiger partial charge is 0.223 e. The van der Waals surface area contributed by atoms with Gasteiger partial charge in [-0.15, -0.1) is 12.4 Å². The molecule has 1 aliphatic carbocycles. The second kappa shape index (κ2) is 10.00. The maximum Gasteiger partial charge on any atom is 0.223 e. The van der Waals surface area contributed by atoms with E-state index in [9.17, 15) is 9.90 Å². The minimum Gasteiger partial charge on any atom is -0.493 e. The van der Waals surface area contributed by atoms with E-state index in [1.807, 2.05) is 30.3 Å². The van der Waals surface area contributed by atoms with Crippen molar-refractivity contribution in [3.8, 4) is 5.75 Å². The summed E-state index contributed by atoms with van der Waals surface area (Å²) in [7, 11) is 0. The lowest BCUT2D eigenvalue weighted by Crippen LogP contribution is -2.53. The average Bonchev–Trinajstić information content (AvgIpc) is 2.59. The molecule has 6 heteroatoms. The van der Waals surface area contributed by atoms with Crippen molar-refractivity contribution >= 4 is 18.3 Å². The molecule has 1 heterocycles. The number of piperidine rings is 1. The van der Waals surface area contributed by atoms with Crippen LogP contribution in [-0.2, 0) is 4.79 Å². The second-order valence-corrected chi connectivity index (χ2v) is 6.98. The van der Waals surface area contributed by atoms with Gasteiger partial charge in [0.2, 0.25) is 5.91 Å². The number of hydrogen-bond acceptors (Lipinski definition) is 4. The zero-order valence-electron chi connectivity index (χ0n) is 14.5. The molecule has 3 N–H and O–H groups in total. The molecule has 3 rings (SSSR count). The molecular weight excluding hydrogens is 340 g/mol. The number of hydrogen-bond donors (Lipinski definition) is 3. The van der Waals surface area contributed by atoms with Crippen molar-refractivity contribution in [3.63, 3.8) is 0 Å². The third-order valence-corrected chi connectivity index (χ3v) is 5.22. The topological polar surface area (TPSA) is 70.6 Å². The molecule has 1 aliphatic heterocycles. The van der Waals surface area contributed by atoms with Crippen LogP contribution in [0.2, 0.25) is 0 Å². The van der Waals surface area contributed by atoms with Gasteiger partial charge in [-0.05, 0) is 62.7 Å². The molecule has 1 saturated heterocycles. The van der Waals surface area contributed by atoms with E-state index < -0.39 is 0 Å². The number of benzene rings is 1. The minimum absolute atomic E-state index is 0. The van der Waals surface area contributed by atoms with Crippen LogP contribution in [0.4, 0.5) is 0 Å². The average molecular weight is 369 g/mol. The first-order valence-electron chi connectivity index (χ1n) is 9.08. The first-order valence-corrected chi connectivity index (χ1v) is 9.08. The molecule has 1 aromatic rings. The number of carbonyl (C=O) groups excluding carboxylic acids is 1. The molecule has 2 fully saturated rings. The Morgan fingerprint density at radius 3 is 2.52 bits per heavy atom. The highest BCUT2D eigenvalue weighted by molar-refractivity contribution is 5.85. The molecule has 5 nitrogen and oxygen atoms in total. The maximum absolute atomic E-state index is 12.3. The van der Waals surface area contributed by atoms with Gasteiger partial charge in [-0.25, -0.2) is 0 Å². The van der Waals surface area contributed by atoms with Crippen LogP contribution in [0.5, 0.6) is 5.75 Å². The Bertz CT molecular complexity index is 517. The summed E-state index contributed by atoms with van der Waals surface area (Å²) in [6, 6.07) is 9.77. The molecule has 25 heavy (non-hydrogen) atoms. The molecule has 2 aliphatic rings. The molecule has 1 aromatic carbocycles. The lowest BCUT2D eigenvalue weighted by Gasteiger charge is -2.43. The minimum atomic E-state index is -0.183. The van der Waals surface area contributed by atoms with E-state index in [0.717, 1.165) is 44.5 Å². The number of aliphatic hydroxyl groups is 1. The highest BCUT2D eigenvalue weighted by atomic mass is 35.5. The maximum atomic E-state index is 12.3. The van der Waals surface area contributed by atoms with E-state index in [-0.39, 0.29) is 30.5 Å². The van der Waals surface area contributed by atoms with Gasteiger partial charge in [0.05, 0.1) is 19.1 Å². The number of carbonyl (C=O) groups is 1. The van der Waals surface area contributed by atoms with Crippen molar-refractivity contribution < 1.29 is 14.6 Å². The molecule has 0 radical (unpaired) electrons. The van der Waals surface area contributed by atoms with Gasteiger partial charge in [-0.2, -0.15) is 0 Å². The molecule has 1 unspecified atom stereocenters. The van der Waals surface area contributed by atoms with Gasteiger partial charge in [0.25, 0.3) is 0 Å². The van der Waals surface area contributed by atoms with E-state index in [2.05, 4.69) is 10.6 Å². The van der Waals surface area contributed by atoms with Crippen LogP contribution in [0.25, 0.3) is 0 Å². The fraction of sp³-hybridized carbons (Fsp3) is 0.632. The van der Waals surface area contributed by atoms with E-state index in [1.165, 1.54) is 0 Å². The monoisotopic (exact) mass is 368 g/mol. The quantitative estimate of drug-likeness (QED) is 0.689. The van der Waals surface area contributed by atoms with Gasteiger partial charge in [-0.3, -0.25) is 4.79 Å². The third-order valence-electron chi connectivity index (χ3n) is 5.22. The summed E-state index contributed by atoms with van der Waals surface area (Å²) in [6.45, 7) is 2.43. The lowest BCUT2D eigenvalue weighted by atomic mass is 9.71. The van der Waals surface area contributed by atoms with Crippen LogP contribution < -0.4 is 15.4 Å². The number of aliphatic hydroxyl groups excluding tert-OH is 1. The summed E-state index contributed by atoms with van der Waals surface area (Å²) >= 11 is 0. The standard InChI is InChI=1S/C19H28N2O3.ClH/c22-16-12-15(13-16)19(14-6-9-20-10-7-14)21-18(23)8-11-24-17-4-2-1-3-5-17;/h1-5,14-16,19-20,22H,6-13H2,(H,21,23);1H. The van der Waals surface area contributed by atoms with Gasteiger partial charge in [0, 0.05) is 6.04 Å². The van der Waals surface area contributed by atoms with E-state index in [1.54, 1.807) is 0 Å². The Hall–Kier alpha value is -1.30. The predicted molar refractivity (Wildman–Crippen MR) is 100 cm³/mol. The summed E-state index contributed by atoms with van der Waals surface area (Å²) in [4.78, 5) is 12.3. The number of para-hydroxylation sites is 1. The Morgan fingerprint density at radius 1 is 1.20 bits per heavy atom. The molecule has 0 aromatic heterocycles. The zero-order chi connectivity index (χ0) is 16.8. The Morgan fingerprint density at radius 2 is 1.88 bits per heavy atom. The summed E-state index contributed by atoms with van der Waals surface area (Å²) in [6.07, 6.45) is 4.00. The SMILES string of the molecule is Cl.O=C(CCOc1ccccc1)NC(C1CCNCC1)C1CC(O)C1. The highest BCUT2D eigenvalue weighted by Crippen LogP contribution is 2.35. The van der Waals surface area contributed by atoms with Crippen molar-refractivity contribution in [3.05, 3.63) is 30.3 Å². The first kappa shape index (κ1) is 20.0. The summed E-state index contributed by atoms with van der Waals surface area (Å²) in [5, 5.41) is 16.2. The Kier molecular flexibility index (Phi) is 8.00. The summed E-state index contributed by atoms with van der Waals surface area (Å²) in [5.41, 5.74) is 0. The lowest BCUT2D eigenvalue weighted by molar-refractivity contribution is -0.124. The van der Waals surface area contributed by atoms with Crippen molar-refractivity contribution in [2.75, 3.05) is 19.7 Å². The van der Waals surface area contributed by atoms with Crippen molar-refractivity contribution in [1.29, 1.82) is 0 Å². The van der Waals surface area contributed by atoms with Gasteiger partial charge in [0.1, 0.15) is 5.75 Å². The molecule has 0 spiro atoms. The van der Waals surface area contributed by atoms with Crippen LogP contribution in [0.3, 0.4) is 0 Å². The largest absolute Gasteiger partial charge is 0.493 e. The fourth-order valence-corrected chi connectivity index (χ4v) is 3.78. The fourth-order valence-electron chi connectivity index (χ4n) is 3.78. The zero-order valence-corrected chi connectivity index (χ0v) is 15.3.